The quantitative estimate of drug-likeness (QED) is 0.595. The zero-order valence-corrected chi connectivity index (χ0v) is 11.1. The summed E-state index contributed by atoms with van der Waals surface area (Å²) in [6.07, 6.45) is -0.221. The van der Waals surface area contributed by atoms with Crippen molar-refractivity contribution in [3.05, 3.63) is 23.8 Å². The summed E-state index contributed by atoms with van der Waals surface area (Å²) in [4.78, 5) is 8.37. The smallest absolute Gasteiger partial charge is 0.301 e. The molecule has 1 rings (SSSR count). The van der Waals surface area contributed by atoms with Crippen molar-refractivity contribution in [1.29, 1.82) is 0 Å². The molecule has 106 valence electrons. The van der Waals surface area contributed by atoms with Crippen LogP contribution in [0.4, 0.5) is 13.2 Å². The van der Waals surface area contributed by atoms with Crippen LogP contribution in [0.3, 0.4) is 0 Å². The van der Waals surface area contributed by atoms with Gasteiger partial charge in [-0.3, -0.25) is 4.21 Å². The molecular weight excluding hydrogens is 283 g/mol. The molecule has 1 unspecified atom stereocenters. The Bertz CT molecular complexity index is 524. The maximum absolute atomic E-state index is 12.6. The molecule has 1 heterocycles. The molecule has 0 bridgehead atoms. The fourth-order valence-corrected chi connectivity index (χ4v) is 2.34. The van der Waals surface area contributed by atoms with E-state index in [9.17, 15) is 17.4 Å². The summed E-state index contributed by atoms with van der Waals surface area (Å²) in [6.45, 7) is 0. The predicted octanol–water partition coefficient (Wildman–Crippen LogP) is 1.98. The van der Waals surface area contributed by atoms with E-state index in [1.807, 2.05) is 0 Å². The van der Waals surface area contributed by atoms with Gasteiger partial charge in [0.1, 0.15) is 7.11 Å². The highest BCUT2D eigenvalue weighted by Crippen LogP contribution is 2.15. The van der Waals surface area contributed by atoms with Crippen LogP contribution < -0.4 is 0 Å². The molecule has 0 aliphatic rings. The molecule has 9 heteroatoms. The molecule has 0 saturated carbocycles. The Hall–Kier alpha value is -1.64. The second kappa shape index (κ2) is 7.07. The van der Waals surface area contributed by atoms with Gasteiger partial charge in [-0.15, -0.1) is 0 Å². The third-order valence-electron chi connectivity index (χ3n) is 2.19. The van der Waals surface area contributed by atoms with Crippen molar-refractivity contribution in [1.82, 2.24) is 9.55 Å². The van der Waals surface area contributed by atoms with E-state index in [1.165, 1.54) is 24.1 Å². The molecule has 1 atom stereocenters. The number of hydrogen-bond acceptors (Lipinski definition) is 4. The molecule has 19 heavy (non-hydrogen) atoms. The summed E-state index contributed by atoms with van der Waals surface area (Å²) < 4.78 is 49.6. The molecule has 0 fully saturated rings. The summed E-state index contributed by atoms with van der Waals surface area (Å²) in [5, 5.41) is 3.68. The first-order valence-electron chi connectivity index (χ1n) is 5.13. The SMILES string of the molecule is CON=Cc1cnc(S(=O)CCC(F)=C(F)F)n1C. The second-order valence-electron chi connectivity index (χ2n) is 3.41. The fraction of sp³-hybridized carbons (Fsp3) is 0.400. The predicted molar refractivity (Wildman–Crippen MR) is 64.1 cm³/mol. The molecule has 5 nitrogen and oxygen atoms in total. The molecule has 0 saturated heterocycles. The van der Waals surface area contributed by atoms with E-state index < -0.39 is 29.1 Å². The van der Waals surface area contributed by atoms with E-state index >= 15 is 0 Å². The molecule has 0 spiro atoms. The highest BCUT2D eigenvalue weighted by atomic mass is 32.2. The summed E-state index contributed by atoms with van der Waals surface area (Å²) in [5.74, 6) is -1.82. The van der Waals surface area contributed by atoms with Gasteiger partial charge in [0.05, 0.1) is 28.9 Å². The van der Waals surface area contributed by atoms with Gasteiger partial charge < -0.3 is 9.40 Å². The number of imidazole rings is 1. The lowest BCUT2D eigenvalue weighted by Crippen LogP contribution is -2.07. The van der Waals surface area contributed by atoms with Crippen LogP contribution in [0.5, 0.6) is 0 Å². The van der Waals surface area contributed by atoms with E-state index in [1.54, 1.807) is 7.05 Å². The van der Waals surface area contributed by atoms with E-state index in [-0.39, 0.29) is 10.9 Å². The van der Waals surface area contributed by atoms with Gasteiger partial charge in [-0.2, -0.15) is 8.78 Å². The Morgan fingerprint density at radius 1 is 1.58 bits per heavy atom. The minimum Gasteiger partial charge on any atom is -0.399 e. The number of oxime groups is 1. The maximum atomic E-state index is 12.6. The van der Waals surface area contributed by atoms with Crippen molar-refractivity contribution >= 4 is 17.0 Å². The van der Waals surface area contributed by atoms with Gasteiger partial charge in [0.2, 0.25) is 0 Å². The molecule has 0 amide bonds. The van der Waals surface area contributed by atoms with Gasteiger partial charge in [-0.25, -0.2) is 9.37 Å². The van der Waals surface area contributed by atoms with Crippen molar-refractivity contribution in [2.75, 3.05) is 12.9 Å². The summed E-state index contributed by atoms with van der Waals surface area (Å²) in [6, 6.07) is 0. The fourth-order valence-electron chi connectivity index (χ4n) is 1.21. The molecule has 0 aliphatic heterocycles. The highest BCUT2D eigenvalue weighted by molar-refractivity contribution is 7.84. The van der Waals surface area contributed by atoms with Gasteiger partial charge in [0, 0.05) is 19.2 Å². The van der Waals surface area contributed by atoms with Crippen LogP contribution in [0.1, 0.15) is 12.1 Å². The average Bonchev–Trinajstić information content (AvgIpc) is 2.74. The van der Waals surface area contributed by atoms with Crippen molar-refractivity contribution in [3.8, 4) is 0 Å². The standard InChI is InChI=1S/C10H12F3N3O2S/c1-16-7(6-15-18-2)5-14-10(16)19(17)4-3-8(11)9(12)13/h5-6H,3-4H2,1-2H3. The molecule has 0 radical (unpaired) electrons. The van der Waals surface area contributed by atoms with E-state index in [2.05, 4.69) is 15.0 Å². The Balaban J connectivity index is 2.76. The second-order valence-corrected chi connectivity index (χ2v) is 4.87. The average molecular weight is 295 g/mol. The monoisotopic (exact) mass is 295 g/mol. The number of nitrogens with zero attached hydrogens (tertiary/aromatic N) is 3. The Kier molecular flexibility index (Phi) is 5.74. The molecular formula is C10H12F3N3O2S. The Labute approximate surface area is 110 Å². The number of aromatic nitrogens is 2. The lowest BCUT2D eigenvalue weighted by Gasteiger charge is -2.02. The number of rotatable bonds is 6. The van der Waals surface area contributed by atoms with Crippen molar-refractivity contribution in [2.24, 2.45) is 12.2 Å². The molecule has 1 aromatic rings. The molecule has 0 aliphatic carbocycles. The lowest BCUT2D eigenvalue weighted by molar-refractivity contribution is 0.215. The molecule has 1 aromatic heterocycles. The number of halogens is 3. The maximum Gasteiger partial charge on any atom is 0.301 e. The summed E-state index contributed by atoms with van der Waals surface area (Å²) >= 11 is 0. The van der Waals surface area contributed by atoms with Crippen LogP contribution >= 0.6 is 0 Å². The van der Waals surface area contributed by atoms with E-state index in [0.29, 0.717) is 5.69 Å². The summed E-state index contributed by atoms with van der Waals surface area (Å²) in [7, 11) is 1.28. The lowest BCUT2D eigenvalue weighted by atomic mass is 10.4. The molecule has 0 aromatic carbocycles. The van der Waals surface area contributed by atoms with E-state index in [4.69, 9.17) is 0 Å². The number of allylic oxidation sites excluding steroid dienone is 1. The molecule has 0 N–H and O–H groups in total. The zero-order valence-electron chi connectivity index (χ0n) is 10.3. The van der Waals surface area contributed by atoms with Gasteiger partial charge in [0.15, 0.2) is 11.0 Å². The van der Waals surface area contributed by atoms with Crippen LogP contribution in [-0.4, -0.2) is 32.8 Å². The topological polar surface area (TPSA) is 56.5 Å². The largest absolute Gasteiger partial charge is 0.399 e. The highest BCUT2D eigenvalue weighted by Gasteiger charge is 2.14. The normalized spacial score (nSPS) is 12.7. The minimum atomic E-state index is -2.38. The van der Waals surface area contributed by atoms with Gasteiger partial charge >= 0.3 is 6.08 Å². The van der Waals surface area contributed by atoms with E-state index in [0.717, 1.165) is 0 Å². The van der Waals surface area contributed by atoms with Gasteiger partial charge in [-0.1, -0.05) is 5.16 Å². The van der Waals surface area contributed by atoms with Crippen molar-refractivity contribution in [3.63, 3.8) is 0 Å². The minimum absolute atomic E-state index is 0.157. The summed E-state index contributed by atoms with van der Waals surface area (Å²) in [5.41, 5.74) is 0.526. The third-order valence-corrected chi connectivity index (χ3v) is 3.55. The Morgan fingerprint density at radius 3 is 2.84 bits per heavy atom. The van der Waals surface area contributed by atoms with Crippen LogP contribution in [0.2, 0.25) is 0 Å². The van der Waals surface area contributed by atoms with Gasteiger partial charge in [-0.05, 0) is 0 Å². The van der Waals surface area contributed by atoms with Crippen molar-refractivity contribution < 1.29 is 22.2 Å². The number of hydrogen-bond donors (Lipinski definition) is 0. The Morgan fingerprint density at radius 2 is 2.26 bits per heavy atom. The zero-order chi connectivity index (χ0) is 14.4. The third kappa shape index (κ3) is 4.19. The first-order valence-corrected chi connectivity index (χ1v) is 6.45. The van der Waals surface area contributed by atoms with Crippen LogP contribution in [-0.2, 0) is 22.7 Å². The van der Waals surface area contributed by atoms with Gasteiger partial charge in [0.25, 0.3) is 0 Å². The van der Waals surface area contributed by atoms with Crippen LogP contribution in [0.25, 0.3) is 0 Å². The van der Waals surface area contributed by atoms with Crippen molar-refractivity contribution in [2.45, 2.75) is 11.6 Å². The van der Waals surface area contributed by atoms with Crippen LogP contribution in [0.15, 0.2) is 28.4 Å². The first-order chi connectivity index (χ1) is 8.97. The first kappa shape index (κ1) is 15.4. The van der Waals surface area contributed by atoms with Crippen LogP contribution in [0, 0.1) is 0 Å².